The van der Waals surface area contributed by atoms with E-state index in [9.17, 15) is 14.7 Å². The third-order valence-electron chi connectivity index (χ3n) is 5.22. The van der Waals surface area contributed by atoms with Gasteiger partial charge in [0, 0.05) is 0 Å². The molecule has 1 aliphatic rings. The molecule has 0 bridgehead atoms. The van der Waals surface area contributed by atoms with Gasteiger partial charge in [-0.25, -0.2) is 5.01 Å². The molecule has 8 heteroatoms. The van der Waals surface area contributed by atoms with E-state index in [1.54, 1.807) is 24.3 Å². The molecule has 1 fully saturated rings. The predicted molar refractivity (Wildman–Crippen MR) is 136 cm³/mol. The Morgan fingerprint density at radius 1 is 1.00 bits per heavy atom. The molecule has 1 atom stereocenters. The van der Waals surface area contributed by atoms with Crippen molar-refractivity contribution >= 4 is 29.7 Å². The number of thioether (sulfide) groups is 1. The number of ether oxygens (including phenoxy) is 2. The van der Waals surface area contributed by atoms with E-state index in [2.05, 4.69) is 5.43 Å². The molecule has 180 valence electrons. The number of para-hydroxylation sites is 1. The van der Waals surface area contributed by atoms with E-state index in [-0.39, 0.29) is 17.2 Å². The van der Waals surface area contributed by atoms with Gasteiger partial charge in [-0.15, -0.1) is 0 Å². The number of phenols is 1. The number of amides is 2. The van der Waals surface area contributed by atoms with Crippen LogP contribution in [0.25, 0.3) is 6.08 Å². The number of hydrazine groups is 1. The normalized spacial score (nSPS) is 16.4. The monoisotopic (exact) mass is 490 g/mol. The quantitative estimate of drug-likeness (QED) is 0.425. The van der Waals surface area contributed by atoms with E-state index in [1.807, 2.05) is 56.3 Å². The van der Waals surface area contributed by atoms with Gasteiger partial charge in [-0.05, 0) is 55.3 Å². The molecule has 1 saturated heterocycles. The summed E-state index contributed by atoms with van der Waals surface area (Å²) in [5.74, 6) is 0.0729. The Hall–Kier alpha value is -3.91. The molecule has 2 N–H and O–H groups in total. The van der Waals surface area contributed by atoms with Crippen molar-refractivity contribution in [2.45, 2.75) is 19.2 Å². The molecule has 3 aromatic carbocycles. The van der Waals surface area contributed by atoms with Crippen LogP contribution in [0.4, 0.5) is 0 Å². The van der Waals surface area contributed by atoms with E-state index in [1.165, 1.54) is 28.9 Å². The standard InChI is InChI=1S/C27H26N2O5S/c1-3-33-22-15-14-19(17-23(22)34-4-2)27-29(28-25(31)20-12-8-9-13-21(20)30)26(32)24(35-27)16-18-10-6-5-7-11-18/h5-17,27,30H,3-4H2,1-2H3,(H,28,31)/b24-16+. The topological polar surface area (TPSA) is 88.1 Å². The summed E-state index contributed by atoms with van der Waals surface area (Å²) < 4.78 is 11.4. The van der Waals surface area contributed by atoms with E-state index >= 15 is 0 Å². The van der Waals surface area contributed by atoms with Crippen LogP contribution in [0.3, 0.4) is 0 Å². The van der Waals surface area contributed by atoms with Crippen LogP contribution in [-0.2, 0) is 4.79 Å². The molecular weight excluding hydrogens is 464 g/mol. The second-order valence-corrected chi connectivity index (χ2v) is 8.72. The molecule has 0 saturated carbocycles. The van der Waals surface area contributed by atoms with Gasteiger partial charge in [0.05, 0.1) is 23.7 Å². The largest absolute Gasteiger partial charge is 0.507 e. The van der Waals surface area contributed by atoms with Crippen LogP contribution in [0.15, 0.2) is 77.7 Å². The van der Waals surface area contributed by atoms with E-state index < -0.39 is 11.3 Å². The third kappa shape index (κ3) is 5.44. The van der Waals surface area contributed by atoms with Crippen LogP contribution >= 0.6 is 11.8 Å². The van der Waals surface area contributed by atoms with Crippen LogP contribution in [0.5, 0.6) is 17.2 Å². The molecule has 4 rings (SSSR count). The van der Waals surface area contributed by atoms with Gasteiger partial charge in [0.25, 0.3) is 11.8 Å². The molecular formula is C27H26N2O5S. The molecule has 7 nitrogen and oxygen atoms in total. The van der Waals surface area contributed by atoms with Crippen LogP contribution < -0.4 is 14.9 Å². The number of carbonyl (C=O) groups is 2. The molecule has 0 radical (unpaired) electrons. The lowest BCUT2D eigenvalue weighted by atomic mass is 10.1. The summed E-state index contributed by atoms with van der Waals surface area (Å²) >= 11 is 1.33. The number of nitrogens with one attached hydrogen (secondary N) is 1. The number of aromatic hydroxyl groups is 1. The zero-order valence-electron chi connectivity index (χ0n) is 19.4. The maximum atomic E-state index is 13.4. The van der Waals surface area contributed by atoms with Gasteiger partial charge in [-0.3, -0.25) is 15.0 Å². The average Bonchev–Trinajstić information content (AvgIpc) is 3.16. The molecule has 0 aliphatic carbocycles. The maximum absolute atomic E-state index is 13.4. The van der Waals surface area contributed by atoms with Crippen molar-refractivity contribution in [2.24, 2.45) is 0 Å². The minimum Gasteiger partial charge on any atom is -0.507 e. The van der Waals surface area contributed by atoms with Crippen LogP contribution in [0, 0.1) is 0 Å². The van der Waals surface area contributed by atoms with Gasteiger partial charge in [0.15, 0.2) is 11.5 Å². The average molecular weight is 491 g/mol. The Labute approximate surface area is 208 Å². The number of nitrogens with zero attached hydrogens (tertiary/aromatic N) is 1. The number of phenolic OH excluding ortho intramolecular Hbond substituents is 1. The molecule has 1 unspecified atom stereocenters. The molecule has 0 aromatic heterocycles. The van der Waals surface area contributed by atoms with Crippen molar-refractivity contribution in [1.82, 2.24) is 10.4 Å². The van der Waals surface area contributed by atoms with Crippen molar-refractivity contribution in [2.75, 3.05) is 13.2 Å². The van der Waals surface area contributed by atoms with Gasteiger partial charge < -0.3 is 14.6 Å². The summed E-state index contributed by atoms with van der Waals surface area (Å²) in [5.41, 5.74) is 4.39. The summed E-state index contributed by atoms with van der Waals surface area (Å²) in [5, 5.41) is 10.9. The van der Waals surface area contributed by atoms with Crippen molar-refractivity contribution in [3.05, 3.63) is 94.4 Å². The smallest absolute Gasteiger partial charge is 0.280 e. The van der Waals surface area contributed by atoms with Crippen molar-refractivity contribution in [3.8, 4) is 17.2 Å². The van der Waals surface area contributed by atoms with Gasteiger partial charge in [0.2, 0.25) is 0 Å². The lowest BCUT2D eigenvalue weighted by Gasteiger charge is -2.25. The molecule has 0 spiro atoms. The molecule has 3 aromatic rings. The Kier molecular flexibility index (Phi) is 7.62. The first kappa shape index (κ1) is 24.2. The minimum absolute atomic E-state index is 0.0752. The summed E-state index contributed by atoms with van der Waals surface area (Å²) in [6.45, 7) is 4.72. The molecule has 1 aliphatic heterocycles. The summed E-state index contributed by atoms with van der Waals surface area (Å²) in [4.78, 5) is 26.9. The summed E-state index contributed by atoms with van der Waals surface area (Å²) in [6, 6.07) is 21.2. The van der Waals surface area contributed by atoms with Crippen molar-refractivity contribution < 1.29 is 24.2 Å². The minimum atomic E-state index is -0.584. The zero-order valence-corrected chi connectivity index (χ0v) is 20.2. The Balaban J connectivity index is 1.71. The predicted octanol–water partition coefficient (Wildman–Crippen LogP) is 5.15. The Morgan fingerprint density at radius 2 is 1.69 bits per heavy atom. The van der Waals surface area contributed by atoms with Gasteiger partial charge in [0.1, 0.15) is 11.1 Å². The third-order valence-corrected chi connectivity index (χ3v) is 6.48. The second-order valence-electron chi connectivity index (χ2n) is 7.59. The number of carbonyl (C=O) groups excluding carboxylic acids is 2. The first-order chi connectivity index (χ1) is 17.0. The van der Waals surface area contributed by atoms with E-state index in [0.717, 1.165) is 11.1 Å². The number of hydrogen-bond donors (Lipinski definition) is 2. The highest BCUT2D eigenvalue weighted by Gasteiger charge is 2.39. The van der Waals surface area contributed by atoms with Crippen LogP contribution in [-0.4, -0.2) is 35.1 Å². The highest BCUT2D eigenvalue weighted by Crippen LogP contribution is 2.47. The maximum Gasteiger partial charge on any atom is 0.280 e. The van der Waals surface area contributed by atoms with Crippen molar-refractivity contribution in [1.29, 1.82) is 0 Å². The fourth-order valence-electron chi connectivity index (χ4n) is 3.63. The lowest BCUT2D eigenvalue weighted by Crippen LogP contribution is -2.44. The van der Waals surface area contributed by atoms with Gasteiger partial charge >= 0.3 is 0 Å². The lowest BCUT2D eigenvalue weighted by molar-refractivity contribution is -0.128. The van der Waals surface area contributed by atoms with Crippen LogP contribution in [0.2, 0.25) is 0 Å². The van der Waals surface area contributed by atoms with Crippen LogP contribution in [0.1, 0.15) is 40.7 Å². The highest BCUT2D eigenvalue weighted by molar-refractivity contribution is 8.04. The fraction of sp³-hybridized carbons (Fsp3) is 0.185. The number of rotatable bonds is 8. The van der Waals surface area contributed by atoms with Crippen molar-refractivity contribution in [3.63, 3.8) is 0 Å². The SMILES string of the molecule is CCOc1ccc(C2S/C(=C/c3ccccc3)C(=O)N2NC(=O)c2ccccc2O)cc1OCC. The van der Waals surface area contributed by atoms with E-state index in [4.69, 9.17) is 9.47 Å². The zero-order chi connectivity index (χ0) is 24.8. The first-order valence-corrected chi connectivity index (χ1v) is 12.1. The summed E-state index contributed by atoms with van der Waals surface area (Å²) in [6.07, 6.45) is 1.80. The van der Waals surface area contributed by atoms with E-state index in [0.29, 0.717) is 29.6 Å². The molecule has 1 heterocycles. The fourth-order valence-corrected chi connectivity index (χ4v) is 4.81. The molecule has 2 amide bonds. The Bertz CT molecular complexity index is 1250. The Morgan fingerprint density at radius 3 is 2.40 bits per heavy atom. The number of hydrogen-bond acceptors (Lipinski definition) is 6. The second kappa shape index (κ2) is 11.0. The van der Waals surface area contributed by atoms with Gasteiger partial charge in [-0.1, -0.05) is 60.3 Å². The van der Waals surface area contributed by atoms with Gasteiger partial charge in [-0.2, -0.15) is 0 Å². The highest BCUT2D eigenvalue weighted by atomic mass is 32.2. The molecule has 35 heavy (non-hydrogen) atoms. The first-order valence-electron chi connectivity index (χ1n) is 11.3. The summed E-state index contributed by atoms with van der Waals surface area (Å²) in [7, 11) is 0. The number of benzene rings is 3.